The molecule has 0 aromatic carbocycles. The summed E-state index contributed by atoms with van der Waals surface area (Å²) in [5, 5.41) is 40.2. The summed E-state index contributed by atoms with van der Waals surface area (Å²) in [7, 11) is 0. The summed E-state index contributed by atoms with van der Waals surface area (Å²) >= 11 is 1.95. The van der Waals surface area contributed by atoms with Gasteiger partial charge < -0.3 is 30.2 Å². The number of ether oxygens (including phenoxy) is 1. The first kappa shape index (κ1) is 14.6. The third kappa shape index (κ3) is 2.58. The lowest BCUT2D eigenvalue weighted by molar-refractivity contribution is -0.400. The zero-order valence-corrected chi connectivity index (χ0v) is 11.7. The molecule has 0 aliphatic carbocycles. The first-order valence-corrected chi connectivity index (χ1v) is 6.92. The van der Waals surface area contributed by atoms with E-state index in [9.17, 15) is 25.4 Å². The van der Waals surface area contributed by atoms with Crippen molar-refractivity contribution in [1.82, 2.24) is 9.55 Å². The minimum Gasteiger partial charge on any atom is -0.390 e. The summed E-state index contributed by atoms with van der Waals surface area (Å²) in [5.74, 6) is -0.500. The molecule has 2 heterocycles. The average Bonchev–Trinajstić information content (AvgIpc) is 2.85. The number of aromatic nitrogens is 2. The highest BCUT2D eigenvalue weighted by Gasteiger charge is 2.46. The van der Waals surface area contributed by atoms with Gasteiger partial charge in [-0.15, -0.1) is 0 Å². The van der Waals surface area contributed by atoms with Gasteiger partial charge in [-0.25, -0.2) is 0 Å². The highest BCUT2D eigenvalue weighted by Crippen LogP contribution is 2.31. The van der Waals surface area contributed by atoms with Gasteiger partial charge in [0.1, 0.15) is 30.7 Å². The summed E-state index contributed by atoms with van der Waals surface area (Å²) in [6.45, 7) is 0. The third-order valence-electron chi connectivity index (χ3n) is 2.92. The van der Waals surface area contributed by atoms with Gasteiger partial charge in [0.25, 0.3) is 0 Å². The number of aliphatic hydroxyl groups excluding tert-OH is 3. The molecule has 0 bridgehead atoms. The van der Waals surface area contributed by atoms with Crippen LogP contribution >= 0.6 is 22.6 Å². The second-order valence-corrected chi connectivity index (χ2v) is 4.96. The maximum absolute atomic E-state index is 10.8. The summed E-state index contributed by atoms with van der Waals surface area (Å²) in [6, 6.07) is 0. The van der Waals surface area contributed by atoms with Crippen LogP contribution in [0, 0.1) is 10.1 Å². The van der Waals surface area contributed by atoms with E-state index in [0.29, 0.717) is 4.43 Å². The number of nitrogens with zero attached hydrogens (tertiary/aromatic N) is 3. The number of imidazole rings is 1. The fourth-order valence-electron chi connectivity index (χ4n) is 1.93. The Morgan fingerprint density at radius 2 is 2.11 bits per heavy atom. The predicted octanol–water partition coefficient (Wildman–Crippen LogP) is -0.794. The molecule has 0 radical (unpaired) electrons. The van der Waals surface area contributed by atoms with E-state index in [2.05, 4.69) is 4.98 Å². The van der Waals surface area contributed by atoms with Crippen molar-refractivity contribution in [3.63, 3.8) is 0 Å². The third-order valence-corrected chi connectivity index (χ3v) is 3.79. The minimum absolute atomic E-state index is 0.363. The summed E-state index contributed by atoms with van der Waals surface area (Å²) in [6.07, 6.45) is -3.59. The molecule has 0 amide bonds. The zero-order valence-electron chi connectivity index (χ0n) is 9.53. The monoisotopic (exact) mass is 385 g/mol. The Hall–Kier alpha value is -0.820. The largest absolute Gasteiger partial charge is 0.436 e. The van der Waals surface area contributed by atoms with Gasteiger partial charge in [0.05, 0.1) is 6.10 Å². The number of rotatable bonds is 3. The van der Waals surface area contributed by atoms with Crippen molar-refractivity contribution in [2.45, 2.75) is 30.6 Å². The maximum Gasteiger partial charge on any atom is 0.436 e. The van der Waals surface area contributed by atoms with Crippen LogP contribution in [0.15, 0.2) is 12.4 Å². The van der Waals surface area contributed by atoms with E-state index < -0.39 is 41.5 Å². The second-order valence-electron chi connectivity index (χ2n) is 4.08. The lowest BCUT2D eigenvalue weighted by atomic mass is 9.99. The normalized spacial score (nSPS) is 35.3. The summed E-state index contributed by atoms with van der Waals surface area (Å²) in [5.41, 5.74) is 0. The van der Waals surface area contributed by atoms with Gasteiger partial charge >= 0.3 is 5.95 Å². The molecule has 1 aliphatic rings. The molecule has 1 saturated heterocycles. The molecule has 19 heavy (non-hydrogen) atoms. The quantitative estimate of drug-likeness (QED) is 0.269. The minimum atomic E-state index is -1.48. The maximum atomic E-state index is 10.8. The molecule has 1 aromatic rings. The average molecular weight is 385 g/mol. The Kier molecular flexibility index (Phi) is 4.35. The van der Waals surface area contributed by atoms with Gasteiger partial charge in [-0.1, -0.05) is 27.6 Å². The number of halogens is 1. The first-order chi connectivity index (χ1) is 8.97. The standard InChI is InChI=1S/C9H12IN3O6/c10-3-4-5(14)6(15)7(16)8(19-4)12-2-1-11-9(12)13(17)18/h1-2,4-8,14-16H,3H2/t4-,5+,6+,7-,8-/m1/s1. The predicted molar refractivity (Wildman–Crippen MR) is 69.7 cm³/mol. The number of hydrogen-bond acceptors (Lipinski definition) is 7. The van der Waals surface area contributed by atoms with E-state index in [-0.39, 0.29) is 0 Å². The van der Waals surface area contributed by atoms with Gasteiger partial charge in [-0.05, 0) is 4.92 Å². The van der Waals surface area contributed by atoms with E-state index in [4.69, 9.17) is 4.74 Å². The van der Waals surface area contributed by atoms with Crippen molar-refractivity contribution >= 4 is 28.5 Å². The van der Waals surface area contributed by atoms with Crippen molar-refractivity contribution in [2.24, 2.45) is 0 Å². The fraction of sp³-hybridized carbons (Fsp3) is 0.667. The lowest BCUT2D eigenvalue weighted by Gasteiger charge is -2.38. The molecule has 1 aliphatic heterocycles. The molecule has 0 spiro atoms. The van der Waals surface area contributed by atoms with Gasteiger partial charge in [0.2, 0.25) is 6.23 Å². The van der Waals surface area contributed by atoms with E-state index >= 15 is 0 Å². The van der Waals surface area contributed by atoms with Crippen LogP contribution in [0.1, 0.15) is 6.23 Å². The molecule has 0 unspecified atom stereocenters. The Labute approximate surface area is 121 Å². The second kappa shape index (κ2) is 5.66. The Morgan fingerprint density at radius 3 is 2.68 bits per heavy atom. The molecule has 106 valence electrons. The lowest BCUT2D eigenvalue weighted by Crippen LogP contribution is -2.55. The molecule has 10 heteroatoms. The van der Waals surface area contributed by atoms with Crippen LogP contribution < -0.4 is 0 Å². The van der Waals surface area contributed by atoms with Crippen LogP contribution in [0.25, 0.3) is 0 Å². The number of alkyl halides is 1. The van der Waals surface area contributed by atoms with Gasteiger partial charge in [0, 0.05) is 4.43 Å². The topological polar surface area (TPSA) is 131 Å². The fourth-order valence-corrected chi connectivity index (χ4v) is 2.66. The molecule has 1 fully saturated rings. The molecule has 0 saturated carbocycles. The van der Waals surface area contributed by atoms with Crippen molar-refractivity contribution in [3.8, 4) is 0 Å². The van der Waals surface area contributed by atoms with Crippen LogP contribution in [-0.4, -0.2) is 58.6 Å². The highest BCUT2D eigenvalue weighted by molar-refractivity contribution is 14.1. The van der Waals surface area contributed by atoms with Crippen LogP contribution in [0.3, 0.4) is 0 Å². The van der Waals surface area contributed by atoms with E-state index in [1.165, 1.54) is 12.4 Å². The molecular formula is C9H12IN3O6. The van der Waals surface area contributed by atoms with Gasteiger partial charge in [-0.3, -0.25) is 0 Å². The van der Waals surface area contributed by atoms with Crippen molar-refractivity contribution in [3.05, 3.63) is 22.5 Å². The summed E-state index contributed by atoms with van der Waals surface area (Å²) in [4.78, 5) is 13.6. The molecule has 5 atom stereocenters. The van der Waals surface area contributed by atoms with E-state index in [1.807, 2.05) is 22.6 Å². The molecule has 9 nitrogen and oxygen atoms in total. The number of nitro groups is 1. The molecule has 1 aromatic heterocycles. The Bertz CT molecular complexity index is 467. The molecular weight excluding hydrogens is 373 g/mol. The summed E-state index contributed by atoms with van der Waals surface area (Å²) < 4.78 is 6.81. The van der Waals surface area contributed by atoms with Crippen molar-refractivity contribution < 1.29 is 25.0 Å². The van der Waals surface area contributed by atoms with Crippen LogP contribution in [0.4, 0.5) is 5.95 Å². The molecule has 2 rings (SSSR count). The Balaban J connectivity index is 2.32. The Morgan fingerprint density at radius 1 is 1.42 bits per heavy atom. The van der Waals surface area contributed by atoms with E-state index in [0.717, 1.165) is 4.57 Å². The first-order valence-electron chi connectivity index (χ1n) is 5.40. The zero-order chi connectivity index (χ0) is 14.2. The number of hydrogen-bond donors (Lipinski definition) is 3. The van der Waals surface area contributed by atoms with Crippen molar-refractivity contribution in [1.29, 1.82) is 0 Å². The smallest absolute Gasteiger partial charge is 0.390 e. The van der Waals surface area contributed by atoms with Crippen LogP contribution in [-0.2, 0) is 4.74 Å². The van der Waals surface area contributed by atoms with E-state index in [1.54, 1.807) is 0 Å². The van der Waals surface area contributed by atoms with Crippen LogP contribution in [0.5, 0.6) is 0 Å². The highest BCUT2D eigenvalue weighted by atomic mass is 127. The van der Waals surface area contributed by atoms with Crippen molar-refractivity contribution in [2.75, 3.05) is 4.43 Å². The number of aliphatic hydroxyl groups is 3. The molecule has 3 N–H and O–H groups in total. The van der Waals surface area contributed by atoms with Gasteiger partial charge in [-0.2, -0.15) is 4.57 Å². The van der Waals surface area contributed by atoms with Gasteiger partial charge in [0.15, 0.2) is 0 Å². The SMILES string of the molecule is O=[N+]([O-])c1nccn1[C@@H]1O[C@H](CI)[C@H](O)[C@H](O)[C@H]1O. The van der Waals surface area contributed by atoms with Crippen LogP contribution in [0.2, 0.25) is 0 Å².